The summed E-state index contributed by atoms with van der Waals surface area (Å²) < 4.78 is 24.8. The number of hydrogen-bond acceptors (Lipinski definition) is 4. The third kappa shape index (κ3) is 7.04. The van der Waals surface area contributed by atoms with Gasteiger partial charge in [-0.3, -0.25) is 9.89 Å². The summed E-state index contributed by atoms with van der Waals surface area (Å²) in [5, 5.41) is 13.9. The van der Waals surface area contributed by atoms with E-state index in [1.807, 2.05) is 19.1 Å². The fraction of sp³-hybridized carbons (Fsp3) is 0.360. The standard InChI is InChI=1S/C25H28Cl3N5O3S/c1-15-23(18-6-8-19(26)9-7-18)31-32-24(15)25(34)33(22-11-10-20(27)12-21(22)28)14-17-4-2-16(3-5-17)13-30-37(29,35)36/h6-12,16-17,30H,2-5,13-14H2,1H3,(H,31,32)(H2,29,35,36). The van der Waals surface area contributed by atoms with Crippen molar-refractivity contribution in [1.29, 1.82) is 0 Å². The summed E-state index contributed by atoms with van der Waals surface area (Å²) in [6, 6.07) is 12.3. The van der Waals surface area contributed by atoms with Crippen molar-refractivity contribution in [3.05, 3.63) is 68.8 Å². The van der Waals surface area contributed by atoms with Crippen LogP contribution in [0.15, 0.2) is 42.5 Å². The number of carbonyl (C=O) groups is 1. The first-order chi connectivity index (χ1) is 17.5. The predicted octanol–water partition coefficient (Wildman–Crippen LogP) is 5.59. The van der Waals surface area contributed by atoms with E-state index in [1.165, 1.54) is 0 Å². The van der Waals surface area contributed by atoms with Gasteiger partial charge in [0.05, 0.1) is 16.4 Å². The number of H-pyrrole nitrogens is 1. The Labute approximate surface area is 231 Å². The number of rotatable bonds is 8. The van der Waals surface area contributed by atoms with E-state index in [-0.39, 0.29) is 17.7 Å². The molecule has 0 spiro atoms. The van der Waals surface area contributed by atoms with Crippen LogP contribution in [0, 0.1) is 18.8 Å². The number of aromatic nitrogens is 2. The van der Waals surface area contributed by atoms with E-state index in [9.17, 15) is 13.2 Å². The van der Waals surface area contributed by atoms with Crippen molar-refractivity contribution in [2.75, 3.05) is 18.0 Å². The van der Waals surface area contributed by atoms with E-state index in [2.05, 4.69) is 14.9 Å². The number of amides is 1. The van der Waals surface area contributed by atoms with Crippen molar-refractivity contribution in [2.45, 2.75) is 32.6 Å². The number of nitrogens with zero attached hydrogens (tertiary/aromatic N) is 2. The number of anilines is 1. The number of carbonyl (C=O) groups excluding carboxylic acids is 1. The molecular weight excluding hydrogens is 557 g/mol. The Morgan fingerprint density at radius 1 is 1.05 bits per heavy atom. The minimum atomic E-state index is -3.71. The molecule has 8 nitrogen and oxygen atoms in total. The van der Waals surface area contributed by atoms with Crippen molar-refractivity contribution in [3.8, 4) is 11.3 Å². The monoisotopic (exact) mass is 583 g/mol. The molecule has 1 aliphatic carbocycles. The highest BCUT2D eigenvalue weighted by molar-refractivity contribution is 7.87. The summed E-state index contributed by atoms with van der Waals surface area (Å²) in [5.74, 6) is 0.169. The molecule has 12 heteroatoms. The van der Waals surface area contributed by atoms with E-state index in [0.29, 0.717) is 45.2 Å². The van der Waals surface area contributed by atoms with Gasteiger partial charge in [-0.15, -0.1) is 0 Å². The molecule has 0 unspecified atom stereocenters. The minimum Gasteiger partial charge on any atom is -0.305 e. The van der Waals surface area contributed by atoms with Crippen LogP contribution in [0.1, 0.15) is 41.7 Å². The van der Waals surface area contributed by atoms with Gasteiger partial charge in [0.15, 0.2) is 0 Å². The summed E-state index contributed by atoms with van der Waals surface area (Å²) in [6.45, 7) is 2.62. The first-order valence-electron chi connectivity index (χ1n) is 11.9. The first-order valence-corrected chi connectivity index (χ1v) is 14.5. The zero-order chi connectivity index (χ0) is 26.7. The fourth-order valence-corrected chi connectivity index (χ4v) is 5.84. The molecule has 1 saturated carbocycles. The summed E-state index contributed by atoms with van der Waals surface area (Å²) in [5.41, 5.74) is 3.18. The fourth-order valence-electron chi connectivity index (χ4n) is 4.73. The van der Waals surface area contributed by atoms with Gasteiger partial charge < -0.3 is 4.90 Å². The highest BCUT2D eigenvalue weighted by atomic mass is 35.5. The molecule has 4 N–H and O–H groups in total. The molecule has 1 aliphatic rings. The van der Waals surface area contributed by atoms with Gasteiger partial charge in [0.2, 0.25) is 0 Å². The third-order valence-electron chi connectivity index (χ3n) is 6.77. The molecule has 0 saturated heterocycles. The van der Waals surface area contributed by atoms with Crippen molar-refractivity contribution < 1.29 is 13.2 Å². The second-order valence-corrected chi connectivity index (χ2v) is 12.0. The van der Waals surface area contributed by atoms with E-state index in [1.54, 1.807) is 35.2 Å². The lowest BCUT2D eigenvalue weighted by atomic mass is 9.81. The Morgan fingerprint density at radius 2 is 1.68 bits per heavy atom. The predicted molar refractivity (Wildman–Crippen MR) is 148 cm³/mol. The lowest BCUT2D eigenvalue weighted by Gasteiger charge is -2.33. The van der Waals surface area contributed by atoms with Crippen LogP contribution in [-0.4, -0.2) is 37.6 Å². The van der Waals surface area contributed by atoms with Crippen LogP contribution in [0.3, 0.4) is 0 Å². The summed E-state index contributed by atoms with van der Waals surface area (Å²) in [7, 11) is -3.71. The SMILES string of the molecule is Cc1c(-c2ccc(Cl)cc2)n[nH]c1C(=O)N(CC1CCC(CNS(N)(=O)=O)CC1)c1ccc(Cl)cc1Cl. The topological polar surface area (TPSA) is 121 Å². The molecule has 0 atom stereocenters. The molecule has 1 aromatic heterocycles. The van der Waals surface area contributed by atoms with Crippen LogP contribution in [0.2, 0.25) is 15.1 Å². The lowest BCUT2D eigenvalue weighted by molar-refractivity contribution is 0.0973. The van der Waals surface area contributed by atoms with Crippen LogP contribution in [0.25, 0.3) is 11.3 Å². The molecule has 2 aromatic carbocycles. The van der Waals surface area contributed by atoms with Crippen LogP contribution < -0.4 is 14.8 Å². The molecule has 198 valence electrons. The van der Waals surface area contributed by atoms with Gasteiger partial charge in [0.1, 0.15) is 5.69 Å². The molecule has 1 amide bonds. The number of nitrogens with two attached hydrogens (primary N) is 1. The summed E-state index contributed by atoms with van der Waals surface area (Å²) in [6.07, 6.45) is 3.33. The maximum atomic E-state index is 13.9. The van der Waals surface area contributed by atoms with Gasteiger partial charge in [-0.05, 0) is 74.8 Å². The number of benzene rings is 2. The average molecular weight is 585 g/mol. The molecule has 1 heterocycles. The zero-order valence-corrected chi connectivity index (χ0v) is 23.3. The maximum Gasteiger partial charge on any atom is 0.276 e. The maximum absolute atomic E-state index is 13.9. The van der Waals surface area contributed by atoms with Crippen molar-refractivity contribution in [2.24, 2.45) is 17.0 Å². The summed E-state index contributed by atoms with van der Waals surface area (Å²) >= 11 is 18.7. The van der Waals surface area contributed by atoms with Gasteiger partial charge >= 0.3 is 0 Å². The molecule has 1 fully saturated rings. The van der Waals surface area contributed by atoms with Crippen LogP contribution in [-0.2, 0) is 10.2 Å². The Kier molecular flexibility index (Phi) is 8.83. The number of nitrogens with one attached hydrogen (secondary N) is 2. The normalized spacial score (nSPS) is 18.1. The van der Waals surface area contributed by atoms with E-state index in [4.69, 9.17) is 39.9 Å². The Balaban J connectivity index is 1.56. The number of hydrogen-bond donors (Lipinski definition) is 3. The molecule has 0 bridgehead atoms. The van der Waals surface area contributed by atoms with Gasteiger partial charge in [-0.2, -0.15) is 13.5 Å². The van der Waals surface area contributed by atoms with Crippen LogP contribution in [0.4, 0.5) is 5.69 Å². The highest BCUT2D eigenvalue weighted by Crippen LogP contribution is 2.35. The van der Waals surface area contributed by atoms with Crippen LogP contribution in [0.5, 0.6) is 0 Å². The highest BCUT2D eigenvalue weighted by Gasteiger charge is 2.30. The van der Waals surface area contributed by atoms with Crippen LogP contribution >= 0.6 is 34.8 Å². The van der Waals surface area contributed by atoms with Gasteiger partial charge in [-0.25, -0.2) is 9.86 Å². The summed E-state index contributed by atoms with van der Waals surface area (Å²) in [4.78, 5) is 15.6. The number of aromatic amines is 1. The second-order valence-electron chi connectivity index (χ2n) is 9.37. The van der Waals surface area contributed by atoms with Crippen molar-refractivity contribution >= 4 is 56.6 Å². The zero-order valence-electron chi connectivity index (χ0n) is 20.2. The van der Waals surface area contributed by atoms with Crippen molar-refractivity contribution in [3.63, 3.8) is 0 Å². The molecule has 3 aromatic rings. The minimum absolute atomic E-state index is 0.203. The largest absolute Gasteiger partial charge is 0.305 e. The quantitative estimate of drug-likeness (QED) is 0.319. The van der Waals surface area contributed by atoms with E-state index >= 15 is 0 Å². The van der Waals surface area contributed by atoms with E-state index in [0.717, 1.165) is 36.8 Å². The molecule has 4 rings (SSSR count). The third-order valence-corrected chi connectivity index (χ3v) is 8.13. The smallest absolute Gasteiger partial charge is 0.276 e. The van der Waals surface area contributed by atoms with Gasteiger partial charge in [0, 0.05) is 34.3 Å². The lowest BCUT2D eigenvalue weighted by Crippen LogP contribution is -2.39. The molecule has 0 aliphatic heterocycles. The Hall–Kier alpha value is -2.14. The van der Waals surface area contributed by atoms with Gasteiger partial charge in [0.25, 0.3) is 16.1 Å². The first kappa shape index (κ1) is 27.9. The Morgan fingerprint density at radius 3 is 2.30 bits per heavy atom. The Bertz CT molecular complexity index is 1370. The number of halogens is 3. The molecule has 0 radical (unpaired) electrons. The average Bonchev–Trinajstić information content (AvgIpc) is 3.23. The van der Waals surface area contributed by atoms with Crippen molar-refractivity contribution in [1.82, 2.24) is 14.9 Å². The molecule has 37 heavy (non-hydrogen) atoms. The molecular formula is C25H28Cl3N5O3S. The van der Waals surface area contributed by atoms with E-state index < -0.39 is 10.2 Å². The second kappa shape index (κ2) is 11.7. The van der Waals surface area contributed by atoms with Gasteiger partial charge in [-0.1, -0.05) is 46.9 Å².